The zero-order chi connectivity index (χ0) is 16.0. The van der Waals surface area contributed by atoms with Gasteiger partial charge in [0.2, 0.25) is 0 Å². The topological polar surface area (TPSA) is 58.3 Å². The molecule has 6 heteroatoms. The molecule has 6 nitrogen and oxygen atoms in total. The Hall–Kier alpha value is -2.50. The number of hydrogen-bond donors (Lipinski definition) is 0. The minimum absolute atomic E-state index is 0.111. The van der Waals surface area contributed by atoms with Gasteiger partial charge in [0.1, 0.15) is 17.0 Å². The first-order valence-electron chi connectivity index (χ1n) is 7.15. The van der Waals surface area contributed by atoms with E-state index in [0.29, 0.717) is 23.6 Å². The van der Waals surface area contributed by atoms with Crippen LogP contribution in [0.15, 0.2) is 16.9 Å². The lowest BCUT2D eigenvalue weighted by Gasteiger charge is -2.08. The van der Waals surface area contributed by atoms with E-state index in [0.717, 1.165) is 22.0 Å². The van der Waals surface area contributed by atoms with Crippen molar-refractivity contribution in [2.45, 2.75) is 20.4 Å². The number of fused-ring (bicyclic) bond motifs is 3. The molecule has 0 unspecified atom stereocenters. The molecule has 0 spiro atoms. The average molecular weight is 301 g/mol. The number of hydrogen-bond acceptors (Lipinski definition) is 4. The van der Waals surface area contributed by atoms with Crippen molar-refractivity contribution in [2.75, 3.05) is 14.2 Å². The summed E-state index contributed by atoms with van der Waals surface area (Å²) in [5, 5.41) is 6.07. The summed E-state index contributed by atoms with van der Waals surface area (Å²) in [6.07, 6.45) is 0. The highest BCUT2D eigenvalue weighted by Gasteiger charge is 2.21. The van der Waals surface area contributed by atoms with Crippen LogP contribution in [0, 0.1) is 6.92 Å². The minimum atomic E-state index is -0.111. The van der Waals surface area contributed by atoms with Crippen molar-refractivity contribution >= 4 is 21.8 Å². The number of benzene rings is 1. The van der Waals surface area contributed by atoms with E-state index in [1.165, 1.54) is 4.68 Å². The van der Waals surface area contributed by atoms with Crippen LogP contribution in [0.4, 0.5) is 0 Å². The third-order valence-corrected chi connectivity index (χ3v) is 4.03. The molecular weight excluding hydrogens is 282 g/mol. The molecule has 3 aromatic rings. The quantitative estimate of drug-likeness (QED) is 0.744. The standard InChI is InChI=1S/C16H19N3O3/c1-6-19-11-7-10(21-4)8-12(22-5)14(11)13-9(2)17-18(3)16(20)15(13)19/h7-8H,6H2,1-5H3. The Morgan fingerprint density at radius 1 is 1.18 bits per heavy atom. The first-order valence-corrected chi connectivity index (χ1v) is 7.15. The predicted octanol–water partition coefficient (Wildman–Crippen LogP) is 2.23. The van der Waals surface area contributed by atoms with Crippen LogP contribution in [0.25, 0.3) is 21.8 Å². The van der Waals surface area contributed by atoms with E-state index in [2.05, 4.69) is 5.10 Å². The van der Waals surface area contributed by atoms with Crippen molar-refractivity contribution in [3.63, 3.8) is 0 Å². The molecule has 3 rings (SSSR count). The Labute approximate surface area is 127 Å². The van der Waals surface area contributed by atoms with Gasteiger partial charge in [-0.15, -0.1) is 0 Å². The van der Waals surface area contributed by atoms with E-state index in [4.69, 9.17) is 9.47 Å². The summed E-state index contributed by atoms with van der Waals surface area (Å²) in [6, 6.07) is 3.76. The van der Waals surface area contributed by atoms with Crippen LogP contribution < -0.4 is 15.0 Å². The lowest BCUT2D eigenvalue weighted by Crippen LogP contribution is -2.22. The van der Waals surface area contributed by atoms with E-state index in [1.54, 1.807) is 21.3 Å². The molecule has 0 saturated carbocycles. The van der Waals surface area contributed by atoms with Gasteiger partial charge in [0.15, 0.2) is 0 Å². The monoisotopic (exact) mass is 301 g/mol. The Balaban J connectivity index is 2.68. The molecule has 0 bridgehead atoms. The molecule has 0 aliphatic heterocycles. The Kier molecular flexibility index (Phi) is 3.31. The number of methoxy groups -OCH3 is 2. The molecule has 0 saturated heterocycles. The molecule has 0 amide bonds. The SMILES string of the molecule is CCn1c2cc(OC)cc(OC)c2c2c(C)nn(C)c(=O)c21. The van der Waals surface area contributed by atoms with Crippen LogP contribution in [0.2, 0.25) is 0 Å². The van der Waals surface area contributed by atoms with E-state index < -0.39 is 0 Å². The summed E-state index contributed by atoms with van der Waals surface area (Å²) in [6.45, 7) is 4.60. The highest BCUT2D eigenvalue weighted by Crippen LogP contribution is 2.38. The molecule has 22 heavy (non-hydrogen) atoms. The van der Waals surface area contributed by atoms with Gasteiger partial charge >= 0.3 is 0 Å². The number of aryl methyl sites for hydroxylation is 3. The van der Waals surface area contributed by atoms with Gasteiger partial charge in [0, 0.05) is 31.1 Å². The molecule has 1 aromatic carbocycles. The largest absolute Gasteiger partial charge is 0.497 e. The fourth-order valence-electron chi connectivity index (χ4n) is 3.07. The van der Waals surface area contributed by atoms with Gasteiger partial charge in [-0.1, -0.05) is 0 Å². The number of rotatable bonds is 3. The van der Waals surface area contributed by atoms with Crippen LogP contribution in [0.5, 0.6) is 11.5 Å². The van der Waals surface area contributed by atoms with Crippen LogP contribution in [-0.2, 0) is 13.6 Å². The van der Waals surface area contributed by atoms with Crippen LogP contribution >= 0.6 is 0 Å². The number of ether oxygens (including phenoxy) is 2. The summed E-state index contributed by atoms with van der Waals surface area (Å²) in [5.41, 5.74) is 2.26. The summed E-state index contributed by atoms with van der Waals surface area (Å²) in [7, 11) is 4.91. The van der Waals surface area contributed by atoms with E-state index in [9.17, 15) is 4.79 Å². The molecule has 0 fully saturated rings. The first-order chi connectivity index (χ1) is 10.5. The molecular formula is C16H19N3O3. The van der Waals surface area contributed by atoms with Gasteiger partial charge in [-0.05, 0) is 13.8 Å². The molecule has 2 aromatic heterocycles. The van der Waals surface area contributed by atoms with Crippen molar-refractivity contribution in [3.05, 3.63) is 28.2 Å². The van der Waals surface area contributed by atoms with E-state index in [1.807, 2.05) is 30.5 Å². The van der Waals surface area contributed by atoms with Gasteiger partial charge in [-0.3, -0.25) is 4.79 Å². The van der Waals surface area contributed by atoms with Gasteiger partial charge in [0.25, 0.3) is 5.56 Å². The first kappa shape index (κ1) is 14.4. The normalized spacial score (nSPS) is 11.3. The highest BCUT2D eigenvalue weighted by atomic mass is 16.5. The number of aromatic nitrogens is 3. The lowest BCUT2D eigenvalue weighted by molar-refractivity contribution is 0.398. The van der Waals surface area contributed by atoms with Crippen LogP contribution in [0.3, 0.4) is 0 Å². The molecule has 0 atom stereocenters. The van der Waals surface area contributed by atoms with Crippen LogP contribution in [-0.4, -0.2) is 28.6 Å². The summed E-state index contributed by atoms with van der Waals surface area (Å²) < 4.78 is 14.3. The highest BCUT2D eigenvalue weighted by molar-refractivity contribution is 6.12. The van der Waals surface area contributed by atoms with Gasteiger partial charge in [-0.25, -0.2) is 4.68 Å². The molecule has 2 heterocycles. The smallest absolute Gasteiger partial charge is 0.291 e. The van der Waals surface area contributed by atoms with Crippen molar-refractivity contribution in [1.29, 1.82) is 0 Å². The van der Waals surface area contributed by atoms with E-state index in [-0.39, 0.29) is 5.56 Å². The third kappa shape index (κ3) is 1.80. The maximum Gasteiger partial charge on any atom is 0.291 e. The third-order valence-electron chi connectivity index (χ3n) is 4.03. The second-order valence-corrected chi connectivity index (χ2v) is 5.21. The maximum absolute atomic E-state index is 12.6. The second kappa shape index (κ2) is 5.05. The Morgan fingerprint density at radius 3 is 2.50 bits per heavy atom. The number of nitrogens with zero attached hydrogens (tertiary/aromatic N) is 3. The van der Waals surface area contributed by atoms with Gasteiger partial charge in [-0.2, -0.15) is 5.10 Å². The Bertz CT molecular complexity index is 938. The lowest BCUT2D eigenvalue weighted by atomic mass is 10.1. The molecule has 0 aliphatic carbocycles. The van der Waals surface area contributed by atoms with Crippen molar-refractivity contribution < 1.29 is 9.47 Å². The zero-order valence-corrected chi connectivity index (χ0v) is 13.4. The van der Waals surface area contributed by atoms with Gasteiger partial charge in [0.05, 0.1) is 30.8 Å². The van der Waals surface area contributed by atoms with Crippen molar-refractivity contribution in [2.24, 2.45) is 7.05 Å². The minimum Gasteiger partial charge on any atom is -0.497 e. The molecule has 0 radical (unpaired) electrons. The average Bonchev–Trinajstić information content (AvgIpc) is 2.86. The summed E-state index contributed by atoms with van der Waals surface area (Å²) >= 11 is 0. The van der Waals surface area contributed by atoms with Crippen molar-refractivity contribution in [1.82, 2.24) is 14.3 Å². The molecule has 116 valence electrons. The fourth-order valence-corrected chi connectivity index (χ4v) is 3.07. The van der Waals surface area contributed by atoms with Crippen LogP contribution in [0.1, 0.15) is 12.6 Å². The van der Waals surface area contributed by atoms with E-state index >= 15 is 0 Å². The maximum atomic E-state index is 12.6. The molecule has 0 aliphatic rings. The second-order valence-electron chi connectivity index (χ2n) is 5.21. The zero-order valence-electron chi connectivity index (χ0n) is 13.4. The molecule has 0 N–H and O–H groups in total. The predicted molar refractivity (Wildman–Crippen MR) is 86.0 cm³/mol. The van der Waals surface area contributed by atoms with Gasteiger partial charge < -0.3 is 14.0 Å². The fraction of sp³-hybridized carbons (Fsp3) is 0.375. The summed E-state index contributed by atoms with van der Waals surface area (Å²) in [5.74, 6) is 1.38. The summed E-state index contributed by atoms with van der Waals surface area (Å²) in [4.78, 5) is 12.6. The Morgan fingerprint density at radius 2 is 1.91 bits per heavy atom. The van der Waals surface area contributed by atoms with Crippen molar-refractivity contribution in [3.8, 4) is 11.5 Å².